The summed E-state index contributed by atoms with van der Waals surface area (Å²) in [7, 11) is 1.69. The van der Waals surface area contributed by atoms with Crippen LogP contribution >= 0.6 is 11.8 Å². The van der Waals surface area contributed by atoms with Crippen LogP contribution in [0.4, 0.5) is 4.79 Å². The van der Waals surface area contributed by atoms with Gasteiger partial charge in [0.1, 0.15) is 0 Å². The normalized spacial score (nSPS) is 22.5. The highest BCUT2D eigenvalue weighted by Gasteiger charge is 2.48. The summed E-state index contributed by atoms with van der Waals surface area (Å²) in [6, 6.07) is 9.40. The maximum Gasteiger partial charge on any atom is 0.325 e. The number of hydrogen-bond acceptors (Lipinski definition) is 5. The molecule has 0 saturated carbocycles. The number of carbonyl (C=O) groups is 2. The lowest BCUT2D eigenvalue weighted by atomic mass is 10.1. The van der Waals surface area contributed by atoms with Crippen molar-refractivity contribution in [1.29, 1.82) is 0 Å². The van der Waals surface area contributed by atoms with Gasteiger partial charge in [0, 0.05) is 19.3 Å². The molecule has 6 nitrogen and oxygen atoms in total. The molecule has 0 spiro atoms. The SMILES string of the molecule is CC(C)CCSC1=NC2C(C(=O)NC(=O)N2C)N1CCc1ccccc1. The fourth-order valence-electron chi connectivity index (χ4n) is 3.14. The second kappa shape index (κ2) is 8.12. The second-order valence-electron chi connectivity index (χ2n) is 7.14. The molecule has 0 bridgehead atoms. The lowest BCUT2D eigenvalue weighted by Crippen LogP contribution is -2.63. The van der Waals surface area contributed by atoms with Gasteiger partial charge in [0.15, 0.2) is 17.4 Å². The van der Waals surface area contributed by atoms with Crippen LogP contribution in [0.25, 0.3) is 0 Å². The van der Waals surface area contributed by atoms with E-state index in [2.05, 4.69) is 36.2 Å². The number of thioether (sulfide) groups is 1. The van der Waals surface area contributed by atoms with E-state index in [4.69, 9.17) is 4.99 Å². The third kappa shape index (κ3) is 4.03. The summed E-state index contributed by atoms with van der Waals surface area (Å²) in [5.41, 5.74) is 1.23. The van der Waals surface area contributed by atoms with Crippen molar-refractivity contribution >= 4 is 28.9 Å². The van der Waals surface area contributed by atoms with Crippen LogP contribution in [0.1, 0.15) is 25.8 Å². The average Bonchev–Trinajstić information content (AvgIpc) is 2.98. The Hall–Kier alpha value is -2.02. The molecule has 0 aliphatic carbocycles. The first-order chi connectivity index (χ1) is 12.5. The molecule has 26 heavy (non-hydrogen) atoms. The molecule has 1 fully saturated rings. The molecule has 0 radical (unpaired) electrons. The zero-order chi connectivity index (χ0) is 18.7. The van der Waals surface area contributed by atoms with E-state index < -0.39 is 12.2 Å². The number of nitrogens with one attached hydrogen (secondary N) is 1. The molecule has 1 saturated heterocycles. The number of urea groups is 1. The molecule has 0 aromatic heterocycles. The third-order valence-electron chi connectivity index (χ3n) is 4.73. The summed E-state index contributed by atoms with van der Waals surface area (Å²) >= 11 is 1.68. The minimum Gasteiger partial charge on any atom is -0.335 e. The van der Waals surface area contributed by atoms with Gasteiger partial charge in [0.2, 0.25) is 0 Å². The van der Waals surface area contributed by atoms with E-state index in [0.29, 0.717) is 12.5 Å². The van der Waals surface area contributed by atoms with Gasteiger partial charge in [-0.05, 0) is 24.3 Å². The van der Waals surface area contributed by atoms with Gasteiger partial charge in [0.25, 0.3) is 5.91 Å². The van der Waals surface area contributed by atoms with Crippen LogP contribution < -0.4 is 5.32 Å². The maximum absolute atomic E-state index is 12.5. The Morgan fingerprint density at radius 3 is 2.65 bits per heavy atom. The predicted molar refractivity (Wildman–Crippen MR) is 105 cm³/mol. The Bertz CT molecular complexity index is 692. The first-order valence-electron chi connectivity index (χ1n) is 9.06. The predicted octanol–water partition coefficient (Wildman–Crippen LogP) is 2.56. The van der Waals surface area contributed by atoms with E-state index in [1.165, 1.54) is 10.5 Å². The molecule has 2 atom stereocenters. The number of hydrogen-bond donors (Lipinski definition) is 1. The highest BCUT2D eigenvalue weighted by atomic mass is 32.2. The van der Waals surface area contributed by atoms with Crippen LogP contribution in [0.2, 0.25) is 0 Å². The number of benzene rings is 1. The van der Waals surface area contributed by atoms with Gasteiger partial charge >= 0.3 is 6.03 Å². The van der Waals surface area contributed by atoms with Gasteiger partial charge in [-0.25, -0.2) is 9.79 Å². The molecular weight excluding hydrogens is 348 g/mol. The Balaban J connectivity index is 1.76. The second-order valence-corrected chi connectivity index (χ2v) is 8.20. The van der Waals surface area contributed by atoms with Crippen molar-refractivity contribution < 1.29 is 9.59 Å². The van der Waals surface area contributed by atoms with E-state index in [1.54, 1.807) is 18.8 Å². The van der Waals surface area contributed by atoms with Gasteiger partial charge in [0.05, 0.1) is 0 Å². The minimum absolute atomic E-state index is 0.255. The fraction of sp³-hybridized carbons (Fsp3) is 0.526. The molecule has 7 heteroatoms. The molecule has 2 aliphatic rings. The van der Waals surface area contributed by atoms with Gasteiger partial charge in [-0.15, -0.1) is 0 Å². The van der Waals surface area contributed by atoms with Gasteiger partial charge < -0.3 is 9.80 Å². The Morgan fingerprint density at radius 1 is 1.23 bits per heavy atom. The van der Waals surface area contributed by atoms with Crippen molar-refractivity contribution in [3.05, 3.63) is 35.9 Å². The van der Waals surface area contributed by atoms with Crippen molar-refractivity contribution in [2.24, 2.45) is 10.9 Å². The Morgan fingerprint density at radius 2 is 1.96 bits per heavy atom. The summed E-state index contributed by atoms with van der Waals surface area (Å²) in [4.78, 5) is 32.8. The van der Waals surface area contributed by atoms with Crippen LogP contribution in [0.3, 0.4) is 0 Å². The Labute approximate surface area is 159 Å². The number of rotatable bonds is 6. The van der Waals surface area contributed by atoms with Crippen molar-refractivity contribution in [1.82, 2.24) is 15.1 Å². The minimum atomic E-state index is -0.442. The number of aliphatic imine (C=N–C) groups is 1. The summed E-state index contributed by atoms with van der Waals surface area (Å²) in [5.74, 6) is 1.32. The van der Waals surface area contributed by atoms with Gasteiger partial charge in [-0.1, -0.05) is 55.9 Å². The van der Waals surface area contributed by atoms with Crippen LogP contribution in [0.5, 0.6) is 0 Å². The van der Waals surface area contributed by atoms with Crippen molar-refractivity contribution in [2.75, 3.05) is 19.3 Å². The Kier molecular flexibility index (Phi) is 5.86. The summed E-state index contributed by atoms with van der Waals surface area (Å²) in [5, 5.41) is 3.32. The van der Waals surface area contributed by atoms with E-state index in [9.17, 15) is 9.59 Å². The van der Waals surface area contributed by atoms with Crippen LogP contribution in [0, 0.1) is 5.92 Å². The van der Waals surface area contributed by atoms with Crippen molar-refractivity contribution in [2.45, 2.75) is 38.9 Å². The van der Waals surface area contributed by atoms with Crippen LogP contribution in [0.15, 0.2) is 35.3 Å². The number of amidine groups is 1. The summed E-state index contributed by atoms with van der Waals surface area (Å²) in [6.45, 7) is 5.10. The molecule has 3 amide bonds. The lowest BCUT2D eigenvalue weighted by molar-refractivity contribution is -0.127. The van der Waals surface area contributed by atoms with Gasteiger partial charge in [-0.3, -0.25) is 10.1 Å². The molecule has 2 unspecified atom stereocenters. The number of fused-ring (bicyclic) bond motifs is 1. The molecular formula is C19H26N4O2S. The zero-order valence-corrected chi connectivity index (χ0v) is 16.3. The molecule has 2 heterocycles. The molecule has 3 rings (SSSR count). The first kappa shape index (κ1) is 18.8. The van der Waals surface area contributed by atoms with E-state index in [1.807, 2.05) is 18.2 Å². The highest BCUT2D eigenvalue weighted by Crippen LogP contribution is 2.29. The number of likely N-dealkylation sites (N-methyl/N-ethyl adjacent to an activating group) is 1. The fourth-order valence-corrected chi connectivity index (χ4v) is 4.46. The zero-order valence-electron chi connectivity index (χ0n) is 15.5. The highest BCUT2D eigenvalue weighted by molar-refractivity contribution is 8.13. The summed E-state index contributed by atoms with van der Waals surface area (Å²) < 4.78 is 0. The third-order valence-corrected chi connectivity index (χ3v) is 5.77. The monoisotopic (exact) mass is 374 g/mol. The molecule has 2 aliphatic heterocycles. The number of nitrogens with zero attached hydrogens (tertiary/aromatic N) is 3. The lowest BCUT2D eigenvalue weighted by Gasteiger charge is -2.36. The van der Waals surface area contributed by atoms with Crippen LogP contribution in [-0.4, -0.2) is 58.5 Å². The topological polar surface area (TPSA) is 65.0 Å². The summed E-state index contributed by atoms with van der Waals surface area (Å²) in [6.07, 6.45) is 1.49. The van der Waals surface area contributed by atoms with E-state index in [-0.39, 0.29) is 11.9 Å². The van der Waals surface area contributed by atoms with Crippen molar-refractivity contribution in [3.8, 4) is 0 Å². The molecule has 1 aromatic rings. The van der Waals surface area contributed by atoms with Crippen LogP contribution in [-0.2, 0) is 11.2 Å². The average molecular weight is 375 g/mol. The number of amides is 3. The number of carbonyl (C=O) groups excluding carboxylic acids is 2. The van der Waals surface area contributed by atoms with E-state index in [0.717, 1.165) is 23.8 Å². The largest absolute Gasteiger partial charge is 0.335 e. The molecule has 1 aromatic carbocycles. The standard InChI is InChI=1S/C19H26N4O2S/c1-13(2)10-12-26-19-20-16-15(17(24)21-18(25)22(16)3)23(19)11-9-14-7-5-4-6-8-14/h4-8,13,15-16H,9-12H2,1-3H3,(H,21,24,25). The van der Waals surface area contributed by atoms with Crippen molar-refractivity contribution in [3.63, 3.8) is 0 Å². The van der Waals surface area contributed by atoms with Gasteiger partial charge in [-0.2, -0.15) is 0 Å². The smallest absolute Gasteiger partial charge is 0.325 e. The molecule has 140 valence electrons. The molecule has 1 N–H and O–H groups in total. The first-order valence-corrected chi connectivity index (χ1v) is 10.0. The van der Waals surface area contributed by atoms with E-state index >= 15 is 0 Å². The maximum atomic E-state index is 12.5. The number of imide groups is 1. The quantitative estimate of drug-likeness (QED) is 0.831.